The van der Waals surface area contributed by atoms with E-state index in [2.05, 4.69) is 5.48 Å². The lowest BCUT2D eigenvalue weighted by Gasteiger charge is -2.21. The fourth-order valence-corrected chi connectivity index (χ4v) is 0.459. The number of hydroxylamine groups is 1. The van der Waals surface area contributed by atoms with Gasteiger partial charge >= 0.3 is 0 Å². The van der Waals surface area contributed by atoms with Gasteiger partial charge in [0, 0.05) is 13.7 Å². The zero-order valence-electron chi connectivity index (χ0n) is 6.27. The molecule has 0 aromatic heterocycles. The molecule has 0 bridgehead atoms. The Morgan fingerprint density at radius 2 is 2.11 bits per heavy atom. The number of hydrogen-bond acceptors (Lipinski definition) is 3. The molecule has 3 nitrogen and oxygen atoms in total. The highest BCUT2D eigenvalue weighted by Gasteiger charge is 2.14. The van der Waals surface area contributed by atoms with Crippen LogP contribution in [-0.4, -0.2) is 24.5 Å². The maximum Gasteiger partial charge on any atom is 0.0635 e. The fourth-order valence-electron chi connectivity index (χ4n) is 0.459. The third kappa shape index (κ3) is 4.39. The molecule has 0 rings (SSSR count). The first-order valence-electron chi connectivity index (χ1n) is 3.04. The lowest BCUT2D eigenvalue weighted by Crippen LogP contribution is -2.27. The summed E-state index contributed by atoms with van der Waals surface area (Å²) >= 11 is 0. The van der Waals surface area contributed by atoms with Gasteiger partial charge in [-0.1, -0.05) is 0 Å². The molecule has 0 amide bonds. The van der Waals surface area contributed by atoms with Crippen LogP contribution >= 0.6 is 0 Å². The zero-order valence-corrected chi connectivity index (χ0v) is 6.27. The van der Waals surface area contributed by atoms with Crippen LogP contribution in [0.4, 0.5) is 0 Å². The summed E-state index contributed by atoms with van der Waals surface area (Å²) in [5.41, 5.74) is 1.95. The van der Waals surface area contributed by atoms with Crippen LogP contribution in [0.5, 0.6) is 0 Å². The fraction of sp³-hybridized carbons (Fsp3) is 1.00. The number of methoxy groups -OCH3 is 1. The zero-order chi connectivity index (χ0) is 7.33. The average Bonchev–Trinajstić information content (AvgIpc) is 1.84. The lowest BCUT2D eigenvalue weighted by molar-refractivity contribution is 0.00707. The van der Waals surface area contributed by atoms with Crippen molar-refractivity contribution >= 4 is 0 Å². The van der Waals surface area contributed by atoms with Gasteiger partial charge in [-0.2, -0.15) is 0 Å². The Kier molecular flexibility index (Phi) is 3.77. The highest BCUT2D eigenvalue weighted by atomic mass is 16.5. The highest BCUT2D eigenvalue weighted by Crippen LogP contribution is 2.10. The van der Waals surface area contributed by atoms with Gasteiger partial charge in [0.05, 0.1) is 5.60 Å². The van der Waals surface area contributed by atoms with E-state index >= 15 is 0 Å². The van der Waals surface area contributed by atoms with Crippen LogP contribution in [-0.2, 0) is 4.74 Å². The molecule has 0 aliphatic heterocycles. The summed E-state index contributed by atoms with van der Waals surface area (Å²) in [7, 11) is 1.66. The number of nitrogens with one attached hydrogen (secondary N) is 1. The molecule has 9 heavy (non-hydrogen) atoms. The second kappa shape index (κ2) is 3.82. The molecule has 0 atom stereocenters. The van der Waals surface area contributed by atoms with Crippen molar-refractivity contribution in [2.45, 2.75) is 25.9 Å². The normalized spacial score (nSPS) is 12.0. The molecule has 0 heterocycles. The van der Waals surface area contributed by atoms with Gasteiger partial charge in [-0.15, -0.1) is 0 Å². The van der Waals surface area contributed by atoms with Crippen LogP contribution in [0.15, 0.2) is 0 Å². The average molecular weight is 133 g/mol. The molecule has 0 radical (unpaired) electrons. The summed E-state index contributed by atoms with van der Waals surface area (Å²) in [4.78, 5) is 0. The van der Waals surface area contributed by atoms with Crippen molar-refractivity contribution in [2.75, 3.05) is 13.7 Å². The molecule has 3 heteroatoms. The molecule has 0 aromatic rings. The lowest BCUT2D eigenvalue weighted by atomic mass is 10.1. The molecular formula is C6H15NO2. The number of rotatable bonds is 4. The van der Waals surface area contributed by atoms with Crippen LogP contribution in [0.2, 0.25) is 0 Å². The van der Waals surface area contributed by atoms with E-state index in [0.29, 0.717) is 6.54 Å². The van der Waals surface area contributed by atoms with Gasteiger partial charge in [-0.25, -0.2) is 5.48 Å². The molecule has 56 valence electrons. The topological polar surface area (TPSA) is 41.5 Å². The molecule has 0 saturated carbocycles. The molecule has 2 N–H and O–H groups in total. The molecule has 0 fully saturated rings. The van der Waals surface area contributed by atoms with Crippen molar-refractivity contribution in [3.63, 3.8) is 0 Å². The predicted octanol–water partition coefficient (Wildman–Crippen LogP) is 0.780. The summed E-state index contributed by atoms with van der Waals surface area (Å²) in [5.74, 6) is 0. The Balaban J connectivity index is 3.33. The van der Waals surface area contributed by atoms with E-state index in [1.165, 1.54) is 0 Å². The van der Waals surface area contributed by atoms with Crippen molar-refractivity contribution in [3.8, 4) is 0 Å². The predicted molar refractivity (Wildman–Crippen MR) is 35.5 cm³/mol. The summed E-state index contributed by atoms with van der Waals surface area (Å²) < 4.78 is 5.09. The van der Waals surface area contributed by atoms with Crippen molar-refractivity contribution in [2.24, 2.45) is 0 Å². The minimum absolute atomic E-state index is 0.129. The largest absolute Gasteiger partial charge is 0.379 e. The summed E-state index contributed by atoms with van der Waals surface area (Å²) in [6, 6.07) is 0. The minimum Gasteiger partial charge on any atom is -0.379 e. The van der Waals surface area contributed by atoms with Gasteiger partial charge in [-0.3, -0.25) is 0 Å². The standard InChI is InChI=1S/C6H15NO2/c1-6(2,9-3)4-5-7-8/h7-8H,4-5H2,1-3H3. The summed E-state index contributed by atoms with van der Waals surface area (Å²) in [6.45, 7) is 4.52. The molecular weight excluding hydrogens is 118 g/mol. The first kappa shape index (κ1) is 8.88. The van der Waals surface area contributed by atoms with Crippen LogP contribution in [0.25, 0.3) is 0 Å². The Bertz CT molecular complexity index is 73.5. The first-order chi connectivity index (χ1) is 4.12. The third-order valence-electron chi connectivity index (χ3n) is 1.39. The molecule has 0 saturated heterocycles. The van der Waals surface area contributed by atoms with Gasteiger partial charge in [-0.05, 0) is 20.3 Å². The second-order valence-electron chi connectivity index (χ2n) is 2.62. The second-order valence-corrected chi connectivity index (χ2v) is 2.62. The van der Waals surface area contributed by atoms with E-state index in [9.17, 15) is 0 Å². The van der Waals surface area contributed by atoms with Crippen LogP contribution in [0.3, 0.4) is 0 Å². The van der Waals surface area contributed by atoms with Crippen molar-refractivity contribution in [1.82, 2.24) is 5.48 Å². The van der Waals surface area contributed by atoms with Gasteiger partial charge < -0.3 is 9.94 Å². The van der Waals surface area contributed by atoms with Gasteiger partial charge in [0.25, 0.3) is 0 Å². The Hall–Kier alpha value is -0.120. The van der Waals surface area contributed by atoms with Crippen LogP contribution in [0.1, 0.15) is 20.3 Å². The molecule has 0 aliphatic carbocycles. The number of ether oxygens (including phenoxy) is 1. The SMILES string of the molecule is COC(C)(C)CCNO. The molecule has 0 unspecified atom stereocenters. The van der Waals surface area contributed by atoms with Gasteiger partial charge in [0.2, 0.25) is 0 Å². The molecule has 0 spiro atoms. The number of hydrogen-bond donors (Lipinski definition) is 2. The van der Waals surface area contributed by atoms with E-state index in [-0.39, 0.29) is 5.60 Å². The van der Waals surface area contributed by atoms with E-state index < -0.39 is 0 Å². The van der Waals surface area contributed by atoms with E-state index in [1.807, 2.05) is 13.8 Å². The summed E-state index contributed by atoms with van der Waals surface area (Å²) in [6.07, 6.45) is 0.806. The third-order valence-corrected chi connectivity index (χ3v) is 1.39. The minimum atomic E-state index is -0.129. The van der Waals surface area contributed by atoms with Crippen LogP contribution in [0, 0.1) is 0 Å². The Labute approximate surface area is 56.0 Å². The quantitative estimate of drug-likeness (QED) is 0.557. The van der Waals surface area contributed by atoms with E-state index in [4.69, 9.17) is 9.94 Å². The monoisotopic (exact) mass is 133 g/mol. The van der Waals surface area contributed by atoms with Crippen LogP contribution < -0.4 is 5.48 Å². The van der Waals surface area contributed by atoms with Crippen molar-refractivity contribution < 1.29 is 9.94 Å². The molecule has 0 aromatic carbocycles. The van der Waals surface area contributed by atoms with Gasteiger partial charge in [0.1, 0.15) is 0 Å². The maximum atomic E-state index is 8.22. The van der Waals surface area contributed by atoms with E-state index in [0.717, 1.165) is 6.42 Å². The van der Waals surface area contributed by atoms with Gasteiger partial charge in [0.15, 0.2) is 0 Å². The summed E-state index contributed by atoms with van der Waals surface area (Å²) in [5, 5.41) is 8.22. The van der Waals surface area contributed by atoms with Crippen molar-refractivity contribution in [1.29, 1.82) is 0 Å². The maximum absolute atomic E-state index is 8.22. The smallest absolute Gasteiger partial charge is 0.0635 e. The highest BCUT2D eigenvalue weighted by molar-refractivity contribution is 4.67. The molecule has 0 aliphatic rings. The van der Waals surface area contributed by atoms with Crippen molar-refractivity contribution in [3.05, 3.63) is 0 Å². The first-order valence-corrected chi connectivity index (χ1v) is 3.04. The Morgan fingerprint density at radius 1 is 1.56 bits per heavy atom. The Morgan fingerprint density at radius 3 is 2.44 bits per heavy atom. The van der Waals surface area contributed by atoms with E-state index in [1.54, 1.807) is 7.11 Å².